The maximum atomic E-state index is 12.1. The SMILES string of the molecule is C[C@@H]1COCCN1C(=O)Cc1ccc(N)cc1. The van der Waals surface area contributed by atoms with Crippen LogP contribution in [0.25, 0.3) is 0 Å². The van der Waals surface area contributed by atoms with Gasteiger partial charge in [0.25, 0.3) is 0 Å². The average Bonchev–Trinajstić information content (AvgIpc) is 2.32. The standard InChI is InChI=1S/C13H18N2O2/c1-10-9-17-7-6-15(10)13(16)8-11-2-4-12(14)5-3-11/h2-5,10H,6-9,14H2,1H3/t10-/m1/s1. The molecule has 17 heavy (non-hydrogen) atoms. The number of ether oxygens (including phenoxy) is 1. The van der Waals surface area contributed by atoms with Crippen molar-refractivity contribution in [1.29, 1.82) is 0 Å². The molecule has 1 aliphatic heterocycles. The zero-order valence-corrected chi connectivity index (χ0v) is 10.1. The van der Waals surface area contributed by atoms with Gasteiger partial charge in [-0.1, -0.05) is 12.1 Å². The number of carbonyl (C=O) groups is 1. The molecule has 2 rings (SSSR count). The molecule has 0 spiro atoms. The van der Waals surface area contributed by atoms with Crippen molar-refractivity contribution in [2.45, 2.75) is 19.4 Å². The van der Waals surface area contributed by atoms with Crippen LogP contribution in [0.4, 0.5) is 5.69 Å². The van der Waals surface area contributed by atoms with Gasteiger partial charge in [0.2, 0.25) is 5.91 Å². The summed E-state index contributed by atoms with van der Waals surface area (Å²) < 4.78 is 5.32. The molecule has 0 bridgehead atoms. The largest absolute Gasteiger partial charge is 0.399 e. The number of rotatable bonds is 2. The summed E-state index contributed by atoms with van der Waals surface area (Å²) in [6.45, 7) is 3.97. The first-order valence-electron chi connectivity index (χ1n) is 5.88. The zero-order chi connectivity index (χ0) is 12.3. The molecule has 1 aromatic rings. The normalized spacial score (nSPS) is 20.3. The third-order valence-corrected chi connectivity index (χ3v) is 3.02. The molecule has 1 heterocycles. The van der Waals surface area contributed by atoms with Gasteiger partial charge in [-0.3, -0.25) is 4.79 Å². The summed E-state index contributed by atoms with van der Waals surface area (Å²) in [6.07, 6.45) is 0.435. The molecule has 0 unspecified atom stereocenters. The lowest BCUT2D eigenvalue weighted by Crippen LogP contribution is -2.47. The van der Waals surface area contributed by atoms with E-state index < -0.39 is 0 Å². The zero-order valence-electron chi connectivity index (χ0n) is 10.1. The Morgan fingerprint density at radius 2 is 2.18 bits per heavy atom. The lowest BCUT2D eigenvalue weighted by Gasteiger charge is -2.33. The van der Waals surface area contributed by atoms with E-state index >= 15 is 0 Å². The number of hydrogen-bond acceptors (Lipinski definition) is 3. The lowest BCUT2D eigenvalue weighted by molar-refractivity contribution is -0.138. The van der Waals surface area contributed by atoms with Crippen LogP contribution in [-0.2, 0) is 16.0 Å². The molecular weight excluding hydrogens is 216 g/mol. The van der Waals surface area contributed by atoms with Crippen molar-refractivity contribution in [3.63, 3.8) is 0 Å². The van der Waals surface area contributed by atoms with E-state index in [4.69, 9.17) is 10.5 Å². The minimum atomic E-state index is 0.158. The van der Waals surface area contributed by atoms with Gasteiger partial charge in [0.15, 0.2) is 0 Å². The Morgan fingerprint density at radius 3 is 2.82 bits per heavy atom. The second-order valence-corrected chi connectivity index (χ2v) is 4.43. The number of carbonyl (C=O) groups excluding carboxylic acids is 1. The highest BCUT2D eigenvalue weighted by Gasteiger charge is 2.23. The first kappa shape index (κ1) is 11.9. The number of nitrogens with two attached hydrogens (primary N) is 1. The molecule has 1 aliphatic rings. The molecule has 4 nitrogen and oxygen atoms in total. The Balaban J connectivity index is 1.98. The average molecular weight is 234 g/mol. The van der Waals surface area contributed by atoms with E-state index in [1.165, 1.54) is 0 Å². The third-order valence-electron chi connectivity index (χ3n) is 3.02. The van der Waals surface area contributed by atoms with Crippen LogP contribution in [0.1, 0.15) is 12.5 Å². The van der Waals surface area contributed by atoms with E-state index in [2.05, 4.69) is 0 Å². The predicted octanol–water partition coefficient (Wildman–Crippen LogP) is 1.06. The van der Waals surface area contributed by atoms with Gasteiger partial charge in [0, 0.05) is 12.2 Å². The number of anilines is 1. The highest BCUT2D eigenvalue weighted by atomic mass is 16.5. The fraction of sp³-hybridized carbons (Fsp3) is 0.462. The van der Waals surface area contributed by atoms with E-state index in [1.54, 1.807) is 0 Å². The highest BCUT2D eigenvalue weighted by Crippen LogP contribution is 2.11. The molecule has 4 heteroatoms. The van der Waals surface area contributed by atoms with Crippen molar-refractivity contribution in [3.8, 4) is 0 Å². The van der Waals surface area contributed by atoms with Crippen LogP contribution in [-0.4, -0.2) is 36.6 Å². The quantitative estimate of drug-likeness (QED) is 0.778. The molecule has 1 amide bonds. The Hall–Kier alpha value is -1.55. The smallest absolute Gasteiger partial charge is 0.227 e. The molecular formula is C13H18N2O2. The number of benzene rings is 1. The minimum absolute atomic E-state index is 0.158. The van der Waals surface area contributed by atoms with Gasteiger partial charge in [-0.05, 0) is 24.6 Å². The second-order valence-electron chi connectivity index (χ2n) is 4.43. The van der Waals surface area contributed by atoms with Crippen LogP contribution >= 0.6 is 0 Å². The molecule has 0 radical (unpaired) electrons. The summed E-state index contributed by atoms with van der Waals surface area (Å²) in [5.74, 6) is 0.158. The molecule has 92 valence electrons. The van der Waals surface area contributed by atoms with Gasteiger partial charge in [0.05, 0.1) is 25.7 Å². The Kier molecular flexibility index (Phi) is 3.64. The van der Waals surface area contributed by atoms with E-state index in [0.717, 1.165) is 11.3 Å². The second kappa shape index (κ2) is 5.19. The number of nitrogens with zero attached hydrogens (tertiary/aromatic N) is 1. The number of amides is 1. The Bertz CT molecular complexity index is 389. The van der Waals surface area contributed by atoms with Crippen LogP contribution in [0.5, 0.6) is 0 Å². The fourth-order valence-electron chi connectivity index (χ4n) is 2.01. The van der Waals surface area contributed by atoms with Crippen molar-refractivity contribution in [3.05, 3.63) is 29.8 Å². The molecule has 1 fully saturated rings. The highest BCUT2D eigenvalue weighted by molar-refractivity contribution is 5.79. The van der Waals surface area contributed by atoms with Gasteiger partial charge in [-0.25, -0.2) is 0 Å². The van der Waals surface area contributed by atoms with Crippen LogP contribution in [0.3, 0.4) is 0 Å². The molecule has 0 aromatic heterocycles. The van der Waals surface area contributed by atoms with Gasteiger partial charge in [-0.15, -0.1) is 0 Å². The third kappa shape index (κ3) is 2.97. The molecule has 2 N–H and O–H groups in total. The molecule has 1 aromatic carbocycles. The first-order valence-corrected chi connectivity index (χ1v) is 5.88. The molecule has 0 saturated carbocycles. The lowest BCUT2D eigenvalue weighted by atomic mass is 10.1. The van der Waals surface area contributed by atoms with E-state index in [0.29, 0.717) is 26.2 Å². The first-order chi connectivity index (χ1) is 8.16. The van der Waals surface area contributed by atoms with Crippen molar-refractivity contribution < 1.29 is 9.53 Å². The Labute approximate surface area is 101 Å². The van der Waals surface area contributed by atoms with Crippen molar-refractivity contribution in [1.82, 2.24) is 4.90 Å². The number of morpholine rings is 1. The minimum Gasteiger partial charge on any atom is -0.399 e. The van der Waals surface area contributed by atoms with Crippen molar-refractivity contribution >= 4 is 11.6 Å². The van der Waals surface area contributed by atoms with Gasteiger partial charge >= 0.3 is 0 Å². The maximum absolute atomic E-state index is 12.1. The number of hydrogen-bond donors (Lipinski definition) is 1. The summed E-state index contributed by atoms with van der Waals surface area (Å²) >= 11 is 0. The molecule has 0 aliphatic carbocycles. The van der Waals surface area contributed by atoms with Gasteiger partial charge in [0.1, 0.15) is 0 Å². The van der Waals surface area contributed by atoms with Crippen LogP contribution in [0, 0.1) is 0 Å². The Morgan fingerprint density at radius 1 is 1.47 bits per heavy atom. The van der Waals surface area contributed by atoms with E-state index in [1.807, 2.05) is 36.1 Å². The van der Waals surface area contributed by atoms with E-state index in [-0.39, 0.29) is 11.9 Å². The maximum Gasteiger partial charge on any atom is 0.227 e. The van der Waals surface area contributed by atoms with Crippen molar-refractivity contribution in [2.75, 3.05) is 25.5 Å². The van der Waals surface area contributed by atoms with Crippen LogP contribution in [0.2, 0.25) is 0 Å². The molecule has 1 atom stereocenters. The van der Waals surface area contributed by atoms with E-state index in [9.17, 15) is 4.79 Å². The van der Waals surface area contributed by atoms with Crippen molar-refractivity contribution in [2.24, 2.45) is 0 Å². The fourth-order valence-corrected chi connectivity index (χ4v) is 2.01. The monoisotopic (exact) mass is 234 g/mol. The van der Waals surface area contributed by atoms with Gasteiger partial charge < -0.3 is 15.4 Å². The summed E-state index contributed by atoms with van der Waals surface area (Å²) in [6, 6.07) is 7.62. The van der Waals surface area contributed by atoms with Crippen LogP contribution < -0.4 is 5.73 Å². The van der Waals surface area contributed by atoms with Gasteiger partial charge in [-0.2, -0.15) is 0 Å². The molecule has 1 saturated heterocycles. The van der Waals surface area contributed by atoms with Crippen LogP contribution in [0.15, 0.2) is 24.3 Å². The summed E-state index contributed by atoms with van der Waals surface area (Å²) in [5.41, 5.74) is 7.34. The number of nitrogen functional groups attached to an aromatic ring is 1. The predicted molar refractivity (Wildman–Crippen MR) is 66.6 cm³/mol. The topological polar surface area (TPSA) is 55.6 Å². The summed E-state index contributed by atoms with van der Waals surface area (Å²) in [7, 11) is 0. The summed E-state index contributed by atoms with van der Waals surface area (Å²) in [5, 5.41) is 0. The summed E-state index contributed by atoms with van der Waals surface area (Å²) in [4.78, 5) is 14.0.